The summed E-state index contributed by atoms with van der Waals surface area (Å²) in [6.07, 6.45) is 9.86. The number of hydrogen-bond acceptors (Lipinski definition) is 6. The molecule has 0 aliphatic carbocycles. The van der Waals surface area contributed by atoms with Crippen molar-refractivity contribution in [2.24, 2.45) is 0 Å². The molecular weight excluding hydrogens is 448 g/mol. The third-order valence-corrected chi connectivity index (χ3v) is 7.12. The average Bonchev–Trinajstić information content (AvgIpc) is 3.26. The molecule has 3 heterocycles. The number of unbranched alkanes of at least 4 members (excludes halogenated alkanes) is 2. The number of imidazole rings is 1. The number of aromatic nitrogens is 3. The Labute approximate surface area is 216 Å². The molecular formula is C29H44N6O. The Balaban J connectivity index is 1.60. The molecule has 36 heavy (non-hydrogen) atoms. The zero-order valence-electron chi connectivity index (χ0n) is 22.5. The minimum atomic E-state index is 0.848. The second-order valence-corrected chi connectivity index (χ2v) is 9.90. The van der Waals surface area contributed by atoms with Crippen LogP contribution >= 0.6 is 0 Å². The molecule has 0 unspecified atom stereocenters. The van der Waals surface area contributed by atoms with Gasteiger partial charge in [0, 0.05) is 25.3 Å². The van der Waals surface area contributed by atoms with Crippen LogP contribution in [0.5, 0.6) is 5.75 Å². The number of aryl methyl sites for hydroxylation is 1. The van der Waals surface area contributed by atoms with Gasteiger partial charge in [0.1, 0.15) is 17.1 Å². The highest BCUT2D eigenvalue weighted by Crippen LogP contribution is 2.26. The van der Waals surface area contributed by atoms with E-state index < -0.39 is 0 Å². The minimum absolute atomic E-state index is 0.848. The van der Waals surface area contributed by atoms with Crippen LogP contribution in [0.3, 0.4) is 0 Å². The predicted octanol–water partition coefficient (Wildman–Crippen LogP) is 6.47. The topological polar surface area (TPSA) is 58.5 Å². The third kappa shape index (κ3) is 6.90. The van der Waals surface area contributed by atoms with Gasteiger partial charge in [0.2, 0.25) is 5.95 Å². The molecule has 0 bridgehead atoms. The Hall–Kier alpha value is -2.80. The molecule has 1 saturated heterocycles. The van der Waals surface area contributed by atoms with Gasteiger partial charge in [-0.05, 0) is 88.1 Å². The lowest BCUT2D eigenvalue weighted by atomic mass is 10.1. The first kappa shape index (κ1) is 26.3. The molecule has 2 aromatic heterocycles. The lowest BCUT2D eigenvalue weighted by Crippen LogP contribution is -2.31. The predicted molar refractivity (Wildman–Crippen MR) is 151 cm³/mol. The second kappa shape index (κ2) is 13.5. The van der Waals surface area contributed by atoms with Crippen LogP contribution in [0.25, 0.3) is 11.2 Å². The average molecular weight is 493 g/mol. The number of nitrogens with one attached hydrogen (secondary N) is 1. The maximum atomic E-state index is 5.33. The van der Waals surface area contributed by atoms with E-state index in [1.165, 1.54) is 58.0 Å². The second-order valence-electron chi connectivity index (χ2n) is 9.90. The highest BCUT2D eigenvalue weighted by atomic mass is 16.5. The monoisotopic (exact) mass is 492 g/mol. The smallest absolute Gasteiger partial charge is 0.209 e. The maximum Gasteiger partial charge on any atom is 0.209 e. The summed E-state index contributed by atoms with van der Waals surface area (Å²) in [7, 11) is 1.69. The molecule has 7 nitrogen and oxygen atoms in total. The number of rotatable bonds is 14. The first-order valence-electron chi connectivity index (χ1n) is 14.0. The molecule has 3 aromatic rings. The molecule has 1 aromatic carbocycles. The van der Waals surface area contributed by atoms with Crippen LogP contribution in [0.1, 0.15) is 65.2 Å². The van der Waals surface area contributed by atoms with Crippen LogP contribution in [-0.2, 0) is 6.54 Å². The van der Waals surface area contributed by atoms with E-state index in [-0.39, 0.29) is 0 Å². The van der Waals surface area contributed by atoms with Gasteiger partial charge in [-0.25, -0.2) is 9.97 Å². The van der Waals surface area contributed by atoms with E-state index in [0.717, 1.165) is 67.0 Å². The standard InChI is InChI=1S/C29H44N6O/c1-4-6-21-34(22-7-5-2)27-17-16-26-28(32-27)35(23-11-20-33-18-9-8-10-19-33)29(31-26)30-24-12-14-25(36-3)15-13-24/h12-17H,4-11,18-23H2,1-3H3,(H,30,31). The summed E-state index contributed by atoms with van der Waals surface area (Å²) in [6, 6.07) is 12.3. The van der Waals surface area contributed by atoms with Crippen LogP contribution in [0, 0.1) is 0 Å². The van der Waals surface area contributed by atoms with Gasteiger partial charge in [0.15, 0.2) is 5.65 Å². The van der Waals surface area contributed by atoms with Gasteiger partial charge < -0.3 is 19.9 Å². The fourth-order valence-corrected chi connectivity index (χ4v) is 4.95. The third-order valence-electron chi connectivity index (χ3n) is 7.12. The molecule has 1 aliphatic heterocycles. The van der Waals surface area contributed by atoms with Gasteiger partial charge in [0.05, 0.1) is 7.11 Å². The lowest BCUT2D eigenvalue weighted by Gasteiger charge is -2.26. The van der Waals surface area contributed by atoms with Crippen LogP contribution in [0.15, 0.2) is 36.4 Å². The maximum absolute atomic E-state index is 5.33. The summed E-state index contributed by atoms with van der Waals surface area (Å²) in [5, 5.41) is 3.55. The normalized spacial score (nSPS) is 14.3. The van der Waals surface area contributed by atoms with Gasteiger partial charge in [-0.15, -0.1) is 0 Å². The molecule has 1 fully saturated rings. The Bertz CT molecular complexity index is 1050. The number of piperidine rings is 1. The van der Waals surface area contributed by atoms with E-state index in [9.17, 15) is 0 Å². The zero-order valence-corrected chi connectivity index (χ0v) is 22.5. The first-order chi connectivity index (χ1) is 17.7. The summed E-state index contributed by atoms with van der Waals surface area (Å²) in [5.41, 5.74) is 2.91. The van der Waals surface area contributed by atoms with Crippen molar-refractivity contribution in [3.05, 3.63) is 36.4 Å². The summed E-state index contributed by atoms with van der Waals surface area (Å²) in [4.78, 5) is 15.2. The van der Waals surface area contributed by atoms with E-state index in [1.807, 2.05) is 24.3 Å². The Morgan fingerprint density at radius 3 is 2.25 bits per heavy atom. The zero-order chi connectivity index (χ0) is 25.2. The number of anilines is 3. The molecule has 1 N–H and O–H groups in total. The van der Waals surface area contributed by atoms with Crippen molar-refractivity contribution in [3.8, 4) is 5.75 Å². The van der Waals surface area contributed by atoms with Crippen molar-refractivity contribution in [3.63, 3.8) is 0 Å². The SMILES string of the molecule is CCCCN(CCCC)c1ccc2nc(Nc3ccc(OC)cc3)n(CCCN3CCCCC3)c2n1. The molecule has 7 heteroatoms. The van der Waals surface area contributed by atoms with Crippen molar-refractivity contribution in [2.75, 3.05) is 50.1 Å². The van der Waals surface area contributed by atoms with Crippen molar-refractivity contribution in [1.29, 1.82) is 0 Å². The van der Waals surface area contributed by atoms with E-state index in [0.29, 0.717) is 0 Å². The van der Waals surface area contributed by atoms with E-state index in [1.54, 1.807) is 7.11 Å². The first-order valence-corrected chi connectivity index (χ1v) is 14.0. The highest BCUT2D eigenvalue weighted by molar-refractivity contribution is 5.78. The van der Waals surface area contributed by atoms with Gasteiger partial charge >= 0.3 is 0 Å². The summed E-state index contributed by atoms with van der Waals surface area (Å²) in [6.45, 7) is 11.1. The van der Waals surface area contributed by atoms with E-state index in [4.69, 9.17) is 14.7 Å². The number of methoxy groups -OCH3 is 1. The molecule has 0 saturated carbocycles. The molecule has 196 valence electrons. The number of hydrogen-bond donors (Lipinski definition) is 1. The van der Waals surface area contributed by atoms with Gasteiger partial charge in [-0.1, -0.05) is 33.1 Å². The van der Waals surface area contributed by atoms with Gasteiger partial charge in [0.25, 0.3) is 0 Å². The van der Waals surface area contributed by atoms with Crippen molar-refractivity contribution in [2.45, 2.75) is 71.8 Å². The fourth-order valence-electron chi connectivity index (χ4n) is 4.95. The van der Waals surface area contributed by atoms with Crippen molar-refractivity contribution < 1.29 is 4.74 Å². The Kier molecular flexibility index (Phi) is 9.84. The Morgan fingerprint density at radius 1 is 0.861 bits per heavy atom. The summed E-state index contributed by atoms with van der Waals surface area (Å²) in [5.74, 6) is 2.77. The molecule has 1 aliphatic rings. The number of benzene rings is 1. The Morgan fingerprint density at radius 2 is 1.58 bits per heavy atom. The van der Waals surface area contributed by atoms with Crippen LogP contribution in [0.2, 0.25) is 0 Å². The van der Waals surface area contributed by atoms with Crippen LogP contribution < -0.4 is 15.0 Å². The van der Waals surface area contributed by atoms with E-state index >= 15 is 0 Å². The molecule has 4 rings (SSSR count). The van der Waals surface area contributed by atoms with Crippen molar-refractivity contribution in [1.82, 2.24) is 19.4 Å². The van der Waals surface area contributed by atoms with Crippen molar-refractivity contribution >= 4 is 28.6 Å². The quantitative estimate of drug-likeness (QED) is 0.278. The summed E-state index contributed by atoms with van der Waals surface area (Å²) < 4.78 is 7.61. The highest BCUT2D eigenvalue weighted by Gasteiger charge is 2.17. The lowest BCUT2D eigenvalue weighted by molar-refractivity contribution is 0.223. The number of nitrogens with zero attached hydrogens (tertiary/aromatic N) is 5. The molecule has 0 amide bonds. The van der Waals surface area contributed by atoms with Crippen LogP contribution in [0.4, 0.5) is 17.5 Å². The number of pyridine rings is 1. The molecule has 0 radical (unpaired) electrons. The summed E-state index contributed by atoms with van der Waals surface area (Å²) >= 11 is 0. The van der Waals surface area contributed by atoms with E-state index in [2.05, 4.69) is 45.7 Å². The molecule has 0 spiro atoms. The number of likely N-dealkylation sites (tertiary alicyclic amines) is 1. The largest absolute Gasteiger partial charge is 0.497 e. The number of fused-ring (bicyclic) bond motifs is 1. The molecule has 0 atom stereocenters. The number of ether oxygens (including phenoxy) is 1. The van der Waals surface area contributed by atoms with Gasteiger partial charge in [-0.2, -0.15) is 0 Å². The fraction of sp³-hybridized carbons (Fsp3) is 0.586. The van der Waals surface area contributed by atoms with Gasteiger partial charge in [-0.3, -0.25) is 4.57 Å². The van der Waals surface area contributed by atoms with Crippen LogP contribution in [-0.4, -0.2) is 59.3 Å². The minimum Gasteiger partial charge on any atom is -0.497 e.